The van der Waals surface area contributed by atoms with Crippen molar-refractivity contribution < 1.29 is 8.83 Å². The summed E-state index contributed by atoms with van der Waals surface area (Å²) in [6, 6.07) is 7.94. The molecule has 0 amide bonds. The van der Waals surface area contributed by atoms with E-state index in [1.807, 2.05) is 38.1 Å². The normalized spacial score (nSPS) is 10.7. The van der Waals surface area contributed by atoms with Gasteiger partial charge in [-0.05, 0) is 49.2 Å². The molecule has 0 bridgehead atoms. The summed E-state index contributed by atoms with van der Waals surface area (Å²) >= 11 is 0. The standard InChI is InChI=1S/C15H15N3O2/c1-10-5-6-19-14(10)8-16-13-4-3-12(7-11(13)2)15-18-17-9-20-15/h3-7,9,16H,8H2,1-2H3. The van der Waals surface area contributed by atoms with Crippen LogP contribution in [0.15, 0.2) is 45.8 Å². The summed E-state index contributed by atoms with van der Waals surface area (Å²) in [6.45, 7) is 4.74. The maximum absolute atomic E-state index is 5.41. The van der Waals surface area contributed by atoms with Gasteiger partial charge in [-0.25, -0.2) is 0 Å². The van der Waals surface area contributed by atoms with E-state index in [0.717, 1.165) is 28.1 Å². The van der Waals surface area contributed by atoms with Crippen LogP contribution in [0.4, 0.5) is 5.69 Å². The summed E-state index contributed by atoms with van der Waals surface area (Å²) in [4.78, 5) is 0. The number of nitrogens with zero attached hydrogens (tertiary/aromatic N) is 2. The third kappa shape index (κ3) is 2.42. The van der Waals surface area contributed by atoms with Crippen LogP contribution in [0.3, 0.4) is 0 Å². The van der Waals surface area contributed by atoms with Gasteiger partial charge in [0.2, 0.25) is 12.3 Å². The first kappa shape index (κ1) is 12.5. The third-order valence-electron chi connectivity index (χ3n) is 3.24. The second kappa shape index (κ2) is 5.21. The highest BCUT2D eigenvalue weighted by atomic mass is 16.4. The van der Waals surface area contributed by atoms with Crippen molar-refractivity contribution in [1.29, 1.82) is 0 Å². The maximum Gasteiger partial charge on any atom is 0.247 e. The summed E-state index contributed by atoms with van der Waals surface area (Å²) in [7, 11) is 0. The highest BCUT2D eigenvalue weighted by molar-refractivity contribution is 5.62. The second-order valence-electron chi connectivity index (χ2n) is 4.65. The SMILES string of the molecule is Cc1cc(-c2nnco2)ccc1NCc1occc1C. The molecule has 3 rings (SSSR count). The van der Waals surface area contributed by atoms with Crippen LogP contribution in [0, 0.1) is 13.8 Å². The molecule has 102 valence electrons. The Hall–Kier alpha value is -2.56. The van der Waals surface area contributed by atoms with Crippen LogP contribution in [0.5, 0.6) is 0 Å². The summed E-state index contributed by atoms with van der Waals surface area (Å²) in [6.07, 6.45) is 3.04. The average Bonchev–Trinajstić information content (AvgIpc) is 3.09. The molecule has 2 aromatic heterocycles. The molecule has 3 aromatic rings. The van der Waals surface area contributed by atoms with Gasteiger partial charge >= 0.3 is 0 Å². The van der Waals surface area contributed by atoms with Gasteiger partial charge in [0.15, 0.2) is 0 Å². The number of aryl methyl sites for hydroxylation is 2. The predicted octanol–water partition coefficient (Wildman–Crippen LogP) is 3.56. The highest BCUT2D eigenvalue weighted by Crippen LogP contribution is 2.24. The fourth-order valence-corrected chi connectivity index (χ4v) is 2.05. The van der Waals surface area contributed by atoms with E-state index in [1.54, 1.807) is 6.26 Å². The monoisotopic (exact) mass is 269 g/mol. The molecule has 1 N–H and O–H groups in total. The first-order valence-electron chi connectivity index (χ1n) is 6.38. The molecule has 0 unspecified atom stereocenters. The predicted molar refractivity (Wildman–Crippen MR) is 75.2 cm³/mol. The van der Waals surface area contributed by atoms with Crippen LogP contribution in [0.1, 0.15) is 16.9 Å². The van der Waals surface area contributed by atoms with Crippen molar-refractivity contribution in [2.75, 3.05) is 5.32 Å². The Bertz CT molecular complexity index is 702. The second-order valence-corrected chi connectivity index (χ2v) is 4.65. The minimum atomic E-state index is 0.529. The van der Waals surface area contributed by atoms with Gasteiger partial charge in [0.1, 0.15) is 5.76 Å². The van der Waals surface area contributed by atoms with E-state index in [1.165, 1.54) is 6.39 Å². The summed E-state index contributed by atoms with van der Waals surface area (Å²) < 4.78 is 10.6. The van der Waals surface area contributed by atoms with E-state index in [2.05, 4.69) is 15.5 Å². The molecule has 0 aliphatic rings. The van der Waals surface area contributed by atoms with Crippen LogP contribution in [-0.4, -0.2) is 10.2 Å². The third-order valence-corrected chi connectivity index (χ3v) is 3.24. The van der Waals surface area contributed by atoms with Crippen molar-refractivity contribution >= 4 is 5.69 Å². The molecule has 0 saturated heterocycles. The Kier molecular flexibility index (Phi) is 3.25. The lowest BCUT2D eigenvalue weighted by molar-refractivity contribution is 0.515. The number of hydrogen-bond acceptors (Lipinski definition) is 5. The number of anilines is 1. The zero-order valence-corrected chi connectivity index (χ0v) is 11.4. The van der Waals surface area contributed by atoms with Crippen molar-refractivity contribution in [1.82, 2.24) is 10.2 Å². The van der Waals surface area contributed by atoms with E-state index < -0.39 is 0 Å². The van der Waals surface area contributed by atoms with Gasteiger partial charge in [-0.15, -0.1) is 10.2 Å². The summed E-state index contributed by atoms with van der Waals surface area (Å²) in [5.41, 5.74) is 4.24. The zero-order chi connectivity index (χ0) is 13.9. The van der Waals surface area contributed by atoms with Crippen molar-refractivity contribution in [2.45, 2.75) is 20.4 Å². The molecular weight excluding hydrogens is 254 g/mol. The molecule has 1 aromatic carbocycles. The molecule has 5 nitrogen and oxygen atoms in total. The highest BCUT2D eigenvalue weighted by Gasteiger charge is 2.07. The van der Waals surface area contributed by atoms with Crippen molar-refractivity contribution in [2.24, 2.45) is 0 Å². The Morgan fingerprint density at radius 2 is 2.00 bits per heavy atom. The van der Waals surface area contributed by atoms with Gasteiger partial charge in [0, 0.05) is 11.3 Å². The molecule has 0 atom stereocenters. The van der Waals surface area contributed by atoms with Crippen LogP contribution in [0.25, 0.3) is 11.5 Å². The molecule has 2 heterocycles. The smallest absolute Gasteiger partial charge is 0.247 e. The topological polar surface area (TPSA) is 64.1 Å². The largest absolute Gasteiger partial charge is 0.467 e. The fourth-order valence-electron chi connectivity index (χ4n) is 2.05. The van der Waals surface area contributed by atoms with Crippen LogP contribution < -0.4 is 5.32 Å². The molecule has 20 heavy (non-hydrogen) atoms. The van der Waals surface area contributed by atoms with Gasteiger partial charge in [-0.1, -0.05) is 0 Å². The quantitative estimate of drug-likeness (QED) is 0.784. The van der Waals surface area contributed by atoms with Gasteiger partial charge in [0.05, 0.1) is 12.8 Å². The van der Waals surface area contributed by atoms with E-state index in [0.29, 0.717) is 12.4 Å². The molecule has 0 fully saturated rings. The molecule has 0 spiro atoms. The molecule has 0 aliphatic carbocycles. The lowest BCUT2D eigenvalue weighted by Crippen LogP contribution is -2.01. The number of benzene rings is 1. The number of furan rings is 1. The zero-order valence-electron chi connectivity index (χ0n) is 11.4. The average molecular weight is 269 g/mol. The number of hydrogen-bond donors (Lipinski definition) is 1. The Balaban J connectivity index is 1.76. The van der Waals surface area contributed by atoms with Crippen LogP contribution in [-0.2, 0) is 6.54 Å². The molecular formula is C15H15N3O2. The van der Waals surface area contributed by atoms with E-state index in [9.17, 15) is 0 Å². The lowest BCUT2D eigenvalue weighted by atomic mass is 10.1. The van der Waals surface area contributed by atoms with Gasteiger partial charge < -0.3 is 14.2 Å². The van der Waals surface area contributed by atoms with Crippen molar-refractivity contribution in [3.05, 3.63) is 53.8 Å². The van der Waals surface area contributed by atoms with E-state index in [-0.39, 0.29) is 0 Å². The first-order valence-corrected chi connectivity index (χ1v) is 6.38. The van der Waals surface area contributed by atoms with Gasteiger partial charge in [-0.3, -0.25) is 0 Å². The Morgan fingerprint density at radius 3 is 2.65 bits per heavy atom. The molecule has 0 radical (unpaired) electrons. The number of rotatable bonds is 4. The Labute approximate surface area is 116 Å². The fraction of sp³-hybridized carbons (Fsp3) is 0.200. The lowest BCUT2D eigenvalue weighted by Gasteiger charge is -2.09. The van der Waals surface area contributed by atoms with Crippen LogP contribution in [0.2, 0.25) is 0 Å². The van der Waals surface area contributed by atoms with Gasteiger partial charge in [0.25, 0.3) is 0 Å². The minimum absolute atomic E-state index is 0.529. The summed E-state index contributed by atoms with van der Waals surface area (Å²) in [5.74, 6) is 1.48. The first-order chi connectivity index (χ1) is 9.74. The number of aromatic nitrogens is 2. The van der Waals surface area contributed by atoms with E-state index in [4.69, 9.17) is 8.83 Å². The molecule has 0 aliphatic heterocycles. The van der Waals surface area contributed by atoms with E-state index >= 15 is 0 Å². The number of nitrogens with one attached hydrogen (secondary N) is 1. The van der Waals surface area contributed by atoms with Gasteiger partial charge in [-0.2, -0.15) is 0 Å². The molecule has 5 heteroatoms. The van der Waals surface area contributed by atoms with Crippen molar-refractivity contribution in [3.8, 4) is 11.5 Å². The van der Waals surface area contributed by atoms with Crippen molar-refractivity contribution in [3.63, 3.8) is 0 Å². The maximum atomic E-state index is 5.41. The minimum Gasteiger partial charge on any atom is -0.467 e. The molecule has 0 saturated carbocycles. The van der Waals surface area contributed by atoms with Crippen LogP contribution >= 0.6 is 0 Å². The Morgan fingerprint density at radius 1 is 1.10 bits per heavy atom. The summed E-state index contributed by atoms with van der Waals surface area (Å²) in [5, 5.41) is 11.0.